The largest absolute Gasteiger partial charge is 0.492 e. The summed E-state index contributed by atoms with van der Waals surface area (Å²) in [5.74, 6) is -0.617. The lowest BCUT2D eigenvalue weighted by Gasteiger charge is -2.24. The van der Waals surface area contributed by atoms with E-state index in [0.717, 1.165) is 30.4 Å². The van der Waals surface area contributed by atoms with Crippen LogP contribution >= 0.6 is 11.6 Å². The van der Waals surface area contributed by atoms with Crippen LogP contribution in [-0.4, -0.2) is 38.5 Å². The minimum absolute atomic E-state index is 0.00215. The third-order valence-corrected chi connectivity index (χ3v) is 5.26. The number of carbonyl (C=O) groups is 1. The molecule has 3 aromatic rings. The van der Waals surface area contributed by atoms with Crippen molar-refractivity contribution in [3.63, 3.8) is 0 Å². The molecule has 1 saturated heterocycles. The van der Waals surface area contributed by atoms with Crippen LogP contribution < -0.4 is 0 Å². The Morgan fingerprint density at radius 3 is 2.75 bits per heavy atom. The summed E-state index contributed by atoms with van der Waals surface area (Å²) >= 11 is 6.08. The third kappa shape index (κ3) is 3.85. The quantitative estimate of drug-likeness (QED) is 0.715. The molecule has 1 aromatic heterocycles. The van der Waals surface area contributed by atoms with Crippen LogP contribution in [0.1, 0.15) is 28.9 Å². The molecule has 28 heavy (non-hydrogen) atoms. The van der Waals surface area contributed by atoms with E-state index in [-0.39, 0.29) is 23.5 Å². The van der Waals surface area contributed by atoms with Crippen molar-refractivity contribution in [2.24, 2.45) is 0 Å². The zero-order valence-corrected chi connectivity index (χ0v) is 16.0. The highest BCUT2D eigenvalue weighted by Gasteiger charge is 2.32. The van der Waals surface area contributed by atoms with E-state index in [4.69, 9.17) is 11.6 Å². The lowest BCUT2D eigenvalue weighted by Crippen LogP contribution is -2.37. The first-order chi connectivity index (χ1) is 13.6. The van der Waals surface area contributed by atoms with Gasteiger partial charge in [-0.15, -0.1) is 0 Å². The fourth-order valence-corrected chi connectivity index (χ4v) is 3.88. The lowest BCUT2D eigenvalue weighted by atomic mass is 10.0. The van der Waals surface area contributed by atoms with Crippen LogP contribution in [0, 0.1) is 0 Å². The van der Waals surface area contributed by atoms with Crippen molar-refractivity contribution in [1.29, 1.82) is 0 Å². The van der Waals surface area contributed by atoms with E-state index >= 15 is 0 Å². The number of amides is 1. The smallest absolute Gasteiger partial charge is 0.278 e. The van der Waals surface area contributed by atoms with Gasteiger partial charge in [-0.05, 0) is 37.0 Å². The Morgan fingerprint density at radius 1 is 1.18 bits per heavy atom. The summed E-state index contributed by atoms with van der Waals surface area (Å²) in [6.45, 7) is 0.644. The Labute approximate surface area is 168 Å². The maximum absolute atomic E-state index is 13.0. The van der Waals surface area contributed by atoms with E-state index in [1.165, 1.54) is 6.20 Å². The lowest BCUT2D eigenvalue weighted by molar-refractivity contribution is 0.0726. The average molecular weight is 394 g/mol. The first kappa shape index (κ1) is 18.4. The summed E-state index contributed by atoms with van der Waals surface area (Å²) in [5.41, 5.74) is 2.46. The van der Waals surface area contributed by atoms with Gasteiger partial charge in [0.05, 0.1) is 11.9 Å². The van der Waals surface area contributed by atoms with Crippen LogP contribution in [0.25, 0.3) is 11.3 Å². The highest BCUT2D eigenvalue weighted by atomic mass is 35.5. The third-order valence-electron chi connectivity index (χ3n) is 5.02. The van der Waals surface area contributed by atoms with Gasteiger partial charge >= 0.3 is 0 Å². The summed E-state index contributed by atoms with van der Waals surface area (Å²) < 4.78 is 0. The minimum Gasteiger partial charge on any atom is -0.492 e. The second-order valence-corrected chi connectivity index (χ2v) is 7.36. The van der Waals surface area contributed by atoms with E-state index in [9.17, 15) is 9.90 Å². The van der Waals surface area contributed by atoms with Gasteiger partial charge in [0.25, 0.3) is 5.91 Å². The molecule has 142 valence electrons. The number of nitrogens with zero attached hydrogens (tertiary/aromatic N) is 3. The predicted molar refractivity (Wildman–Crippen MR) is 108 cm³/mol. The molecule has 5 nitrogen and oxygen atoms in total. The molecule has 0 unspecified atom stereocenters. The van der Waals surface area contributed by atoms with Gasteiger partial charge in [-0.2, -0.15) is 0 Å². The van der Waals surface area contributed by atoms with Gasteiger partial charge in [-0.3, -0.25) is 4.79 Å². The molecule has 1 N–H and O–H groups in total. The molecule has 0 spiro atoms. The van der Waals surface area contributed by atoms with Gasteiger partial charge < -0.3 is 10.0 Å². The highest BCUT2D eigenvalue weighted by Crippen LogP contribution is 2.27. The number of aromatic hydroxyl groups is 1. The van der Waals surface area contributed by atoms with Gasteiger partial charge in [-0.25, -0.2) is 9.97 Å². The normalized spacial score (nSPS) is 16.3. The summed E-state index contributed by atoms with van der Waals surface area (Å²) in [7, 11) is 0. The molecule has 1 aliphatic rings. The summed E-state index contributed by atoms with van der Waals surface area (Å²) in [6.07, 6.45) is 4.09. The molecule has 6 heteroatoms. The van der Waals surface area contributed by atoms with Gasteiger partial charge in [0.15, 0.2) is 5.69 Å². The van der Waals surface area contributed by atoms with Crippen molar-refractivity contribution < 1.29 is 9.90 Å². The zero-order valence-electron chi connectivity index (χ0n) is 15.3. The molecule has 1 aliphatic heterocycles. The van der Waals surface area contributed by atoms with Gasteiger partial charge in [0, 0.05) is 23.2 Å². The standard InChI is InChI=1S/C22H20ClN3O2/c23-17-9-4-6-15(12-17)13-18-10-5-11-26(18)22(28)20-21(27)25-19(14-24-20)16-7-2-1-3-8-16/h1-4,6-9,12,14,18H,5,10-11,13H2,(H,25,27)/t18-/m0/s1. The SMILES string of the molecule is O=C(c1ncc(-c2ccccc2)nc1O)N1CCC[C@H]1Cc1cccc(Cl)c1. The van der Waals surface area contributed by atoms with Crippen LogP contribution in [0.4, 0.5) is 0 Å². The van der Waals surface area contributed by atoms with E-state index in [2.05, 4.69) is 9.97 Å². The molecule has 0 saturated carbocycles. The van der Waals surface area contributed by atoms with Crippen molar-refractivity contribution in [3.05, 3.63) is 77.1 Å². The van der Waals surface area contributed by atoms with E-state index in [0.29, 0.717) is 17.3 Å². The first-order valence-corrected chi connectivity index (χ1v) is 9.66. The maximum atomic E-state index is 13.0. The topological polar surface area (TPSA) is 66.3 Å². The van der Waals surface area contributed by atoms with Crippen LogP contribution in [0.15, 0.2) is 60.8 Å². The molecule has 2 aromatic carbocycles. The van der Waals surface area contributed by atoms with E-state index < -0.39 is 0 Å². The van der Waals surface area contributed by atoms with Crippen molar-refractivity contribution in [1.82, 2.24) is 14.9 Å². The molecule has 2 heterocycles. The van der Waals surface area contributed by atoms with E-state index in [1.54, 1.807) is 4.90 Å². The number of likely N-dealkylation sites (tertiary alicyclic amines) is 1. The number of carbonyl (C=O) groups excluding carboxylic acids is 1. The number of benzene rings is 2. The number of aromatic nitrogens is 2. The summed E-state index contributed by atoms with van der Waals surface area (Å²) in [4.78, 5) is 23.2. The number of hydrogen-bond acceptors (Lipinski definition) is 4. The Kier molecular flexibility index (Phi) is 5.26. The molecule has 0 radical (unpaired) electrons. The van der Waals surface area contributed by atoms with Crippen LogP contribution in [0.2, 0.25) is 5.02 Å². The second kappa shape index (κ2) is 7.98. The van der Waals surface area contributed by atoms with Gasteiger partial charge in [-0.1, -0.05) is 54.1 Å². The maximum Gasteiger partial charge on any atom is 0.278 e. The zero-order chi connectivity index (χ0) is 19.5. The molecule has 1 atom stereocenters. The van der Waals surface area contributed by atoms with Crippen LogP contribution in [-0.2, 0) is 6.42 Å². The monoisotopic (exact) mass is 393 g/mol. The first-order valence-electron chi connectivity index (χ1n) is 9.28. The number of rotatable bonds is 4. The van der Waals surface area contributed by atoms with Gasteiger partial charge in [0.2, 0.25) is 5.88 Å². The van der Waals surface area contributed by atoms with E-state index in [1.807, 2.05) is 54.6 Å². The predicted octanol–water partition coefficient (Wildman–Crippen LogP) is 4.35. The fraction of sp³-hybridized carbons (Fsp3) is 0.227. The molecule has 4 rings (SSSR count). The Morgan fingerprint density at radius 2 is 2.00 bits per heavy atom. The van der Waals surface area contributed by atoms with Gasteiger partial charge in [0.1, 0.15) is 0 Å². The Hall–Kier alpha value is -2.92. The fourth-order valence-electron chi connectivity index (χ4n) is 3.67. The van der Waals surface area contributed by atoms with Crippen LogP contribution in [0.3, 0.4) is 0 Å². The molecular weight excluding hydrogens is 374 g/mol. The number of hydrogen-bond donors (Lipinski definition) is 1. The summed E-state index contributed by atoms with van der Waals surface area (Å²) in [5, 5.41) is 11.0. The Bertz CT molecular complexity index is 994. The number of halogens is 1. The molecule has 0 bridgehead atoms. The van der Waals surface area contributed by atoms with Crippen molar-refractivity contribution in [2.75, 3.05) is 6.54 Å². The Balaban J connectivity index is 1.54. The minimum atomic E-state index is -0.334. The second-order valence-electron chi connectivity index (χ2n) is 6.92. The van der Waals surface area contributed by atoms with Crippen molar-refractivity contribution in [2.45, 2.75) is 25.3 Å². The molecule has 1 amide bonds. The molecular formula is C22H20ClN3O2. The molecule has 0 aliphatic carbocycles. The van der Waals surface area contributed by atoms with Crippen LogP contribution in [0.5, 0.6) is 5.88 Å². The highest BCUT2D eigenvalue weighted by molar-refractivity contribution is 6.30. The van der Waals surface area contributed by atoms with Crippen molar-refractivity contribution >= 4 is 17.5 Å². The molecule has 1 fully saturated rings. The summed E-state index contributed by atoms with van der Waals surface area (Å²) in [6, 6.07) is 17.2. The average Bonchev–Trinajstić information content (AvgIpc) is 3.16. The van der Waals surface area contributed by atoms with Crippen molar-refractivity contribution in [3.8, 4) is 17.1 Å².